The lowest BCUT2D eigenvalue weighted by atomic mass is 10.1. The van der Waals surface area contributed by atoms with E-state index in [2.05, 4.69) is 0 Å². The first kappa shape index (κ1) is 12.9. The Bertz CT molecular complexity index is 251. The van der Waals surface area contributed by atoms with Crippen molar-refractivity contribution in [2.75, 3.05) is 6.54 Å². The third kappa shape index (κ3) is 2.22. The normalized spacial score (nSPS) is 13.6. The summed E-state index contributed by atoms with van der Waals surface area (Å²) < 4.78 is 82.4. The summed E-state index contributed by atoms with van der Waals surface area (Å²) in [5, 5.41) is 0. The zero-order valence-electron chi connectivity index (χ0n) is 6.21. The third-order valence-corrected chi connectivity index (χ3v) is 1.16. The molecule has 0 N–H and O–H groups in total. The van der Waals surface area contributed by atoms with E-state index >= 15 is 0 Å². The molecule has 0 atom stereocenters. The van der Waals surface area contributed by atoms with Crippen LogP contribution in [0.15, 0.2) is 4.99 Å². The predicted molar refractivity (Wildman–Crippen MR) is 28.9 cm³/mol. The highest BCUT2D eigenvalue weighted by Crippen LogP contribution is 2.46. The first-order chi connectivity index (χ1) is 6.06. The van der Waals surface area contributed by atoms with Gasteiger partial charge in [0, 0.05) is 0 Å². The summed E-state index contributed by atoms with van der Waals surface area (Å²) >= 11 is 0. The van der Waals surface area contributed by atoms with Crippen molar-refractivity contribution in [2.24, 2.45) is 4.99 Å². The first-order valence-electron chi connectivity index (χ1n) is 2.92. The van der Waals surface area contributed by atoms with Crippen molar-refractivity contribution in [3.8, 4) is 0 Å². The van der Waals surface area contributed by atoms with Crippen LogP contribution in [0.4, 0.5) is 30.7 Å². The molecule has 0 radical (unpaired) electrons. The van der Waals surface area contributed by atoms with Gasteiger partial charge in [0.25, 0.3) is 0 Å². The van der Waals surface area contributed by atoms with Gasteiger partial charge in [-0.1, -0.05) is 0 Å². The van der Waals surface area contributed by atoms with Gasteiger partial charge in [0.2, 0.25) is 6.08 Å². The maximum atomic E-state index is 12.1. The van der Waals surface area contributed by atoms with Crippen LogP contribution < -0.4 is 0 Å². The lowest BCUT2D eigenvalue weighted by Gasteiger charge is -2.26. The predicted octanol–water partition coefficient (Wildman–Crippen LogP) is 2.16. The van der Waals surface area contributed by atoms with Gasteiger partial charge in [-0.05, 0) is 0 Å². The molecule has 0 aromatic carbocycles. The van der Waals surface area contributed by atoms with Crippen molar-refractivity contribution in [3.63, 3.8) is 0 Å². The van der Waals surface area contributed by atoms with Crippen LogP contribution >= 0.6 is 0 Å². The third-order valence-electron chi connectivity index (χ3n) is 1.16. The minimum Gasteiger partial charge on any atom is -0.211 e. The molecule has 0 aromatic rings. The standard InChI is InChI=1S/C5H2F7NO/c6-3(7,1-13-2-14)4(8,9)5(10,11)12/h1H2. The van der Waals surface area contributed by atoms with Crippen LogP contribution in [-0.4, -0.2) is 30.6 Å². The topological polar surface area (TPSA) is 29.4 Å². The van der Waals surface area contributed by atoms with Crippen LogP contribution in [-0.2, 0) is 4.79 Å². The zero-order valence-corrected chi connectivity index (χ0v) is 6.21. The molecule has 0 aliphatic heterocycles. The SMILES string of the molecule is O=C=NCC(F)(F)C(F)(F)C(F)(F)F. The molecule has 0 rings (SSSR count). The van der Waals surface area contributed by atoms with Gasteiger partial charge in [-0.25, -0.2) is 4.79 Å². The Kier molecular flexibility index (Phi) is 3.28. The van der Waals surface area contributed by atoms with E-state index < -0.39 is 24.6 Å². The van der Waals surface area contributed by atoms with Gasteiger partial charge < -0.3 is 0 Å². The summed E-state index contributed by atoms with van der Waals surface area (Å²) in [7, 11) is 0. The molecule has 82 valence electrons. The summed E-state index contributed by atoms with van der Waals surface area (Å²) in [6.45, 7) is -2.26. The molecule has 0 saturated carbocycles. The second kappa shape index (κ2) is 3.56. The fourth-order valence-corrected chi connectivity index (χ4v) is 0.438. The summed E-state index contributed by atoms with van der Waals surface area (Å²) in [6, 6.07) is 0. The lowest BCUT2D eigenvalue weighted by Crippen LogP contribution is -2.53. The van der Waals surface area contributed by atoms with Gasteiger partial charge in [-0.2, -0.15) is 35.7 Å². The van der Waals surface area contributed by atoms with Crippen molar-refractivity contribution < 1.29 is 35.5 Å². The summed E-state index contributed by atoms with van der Waals surface area (Å²) in [5.41, 5.74) is 0. The van der Waals surface area contributed by atoms with Crippen molar-refractivity contribution >= 4 is 6.08 Å². The monoisotopic (exact) mass is 225 g/mol. The van der Waals surface area contributed by atoms with E-state index in [1.807, 2.05) is 4.99 Å². The zero-order chi connectivity index (χ0) is 11.6. The van der Waals surface area contributed by atoms with Crippen LogP contribution in [0.2, 0.25) is 0 Å². The maximum Gasteiger partial charge on any atom is 0.459 e. The molecule has 0 amide bonds. The summed E-state index contributed by atoms with van der Waals surface area (Å²) in [6.07, 6.45) is -5.95. The number of aliphatic imine (C=N–C) groups is 1. The number of nitrogens with zero attached hydrogens (tertiary/aromatic N) is 1. The molecule has 0 aromatic heterocycles. The Hall–Kier alpha value is -1.11. The Labute approximate surface area is 72.4 Å². The van der Waals surface area contributed by atoms with E-state index in [0.717, 1.165) is 0 Å². The molecule has 0 heterocycles. The van der Waals surface area contributed by atoms with E-state index in [0.29, 0.717) is 6.08 Å². The Morgan fingerprint density at radius 3 is 1.71 bits per heavy atom. The maximum absolute atomic E-state index is 12.1. The highest BCUT2D eigenvalue weighted by molar-refractivity contribution is 5.33. The summed E-state index contributed by atoms with van der Waals surface area (Å²) in [5.74, 6) is -11.7. The van der Waals surface area contributed by atoms with Crippen LogP contribution in [0.5, 0.6) is 0 Å². The summed E-state index contributed by atoms with van der Waals surface area (Å²) in [4.78, 5) is 11.3. The molecular weight excluding hydrogens is 223 g/mol. The van der Waals surface area contributed by atoms with Crippen LogP contribution in [0.3, 0.4) is 0 Å². The van der Waals surface area contributed by atoms with Crippen LogP contribution in [0, 0.1) is 0 Å². The number of hydrogen-bond acceptors (Lipinski definition) is 2. The Morgan fingerprint density at radius 1 is 1.00 bits per heavy atom. The van der Waals surface area contributed by atoms with Gasteiger partial charge in [-0.3, -0.25) is 0 Å². The molecule has 2 nitrogen and oxygen atoms in total. The van der Waals surface area contributed by atoms with Crippen molar-refractivity contribution in [1.29, 1.82) is 0 Å². The number of hydrogen-bond donors (Lipinski definition) is 0. The van der Waals surface area contributed by atoms with Crippen molar-refractivity contribution in [3.05, 3.63) is 0 Å². The number of rotatable bonds is 3. The number of isocyanates is 1. The minimum atomic E-state index is -6.39. The smallest absolute Gasteiger partial charge is 0.211 e. The molecule has 0 spiro atoms. The van der Waals surface area contributed by atoms with E-state index in [1.165, 1.54) is 0 Å². The van der Waals surface area contributed by atoms with Crippen LogP contribution in [0.1, 0.15) is 0 Å². The van der Waals surface area contributed by atoms with Gasteiger partial charge in [0.1, 0.15) is 6.54 Å². The van der Waals surface area contributed by atoms with E-state index in [1.54, 1.807) is 0 Å². The van der Waals surface area contributed by atoms with Gasteiger partial charge in [0.15, 0.2) is 0 Å². The molecule has 0 fully saturated rings. The molecular formula is C5H2F7NO. The van der Waals surface area contributed by atoms with Crippen molar-refractivity contribution in [2.45, 2.75) is 18.0 Å². The van der Waals surface area contributed by atoms with Gasteiger partial charge in [-0.15, -0.1) is 0 Å². The molecule has 0 saturated heterocycles. The van der Waals surface area contributed by atoms with Crippen LogP contribution in [0.25, 0.3) is 0 Å². The lowest BCUT2D eigenvalue weighted by molar-refractivity contribution is -0.351. The van der Waals surface area contributed by atoms with Gasteiger partial charge in [0.05, 0.1) is 0 Å². The highest BCUT2D eigenvalue weighted by atomic mass is 19.4. The van der Waals surface area contributed by atoms with Crippen molar-refractivity contribution in [1.82, 2.24) is 0 Å². The molecule has 0 unspecified atom stereocenters. The number of alkyl halides is 7. The fourth-order valence-electron chi connectivity index (χ4n) is 0.438. The Morgan fingerprint density at radius 2 is 1.43 bits per heavy atom. The first-order valence-corrected chi connectivity index (χ1v) is 2.92. The molecule has 0 bridgehead atoms. The second-order valence-electron chi connectivity index (χ2n) is 2.18. The molecule has 0 aliphatic rings. The quantitative estimate of drug-likeness (QED) is 0.411. The number of halogens is 7. The Balaban J connectivity index is 4.96. The second-order valence-corrected chi connectivity index (χ2v) is 2.18. The largest absolute Gasteiger partial charge is 0.459 e. The van der Waals surface area contributed by atoms with E-state index in [9.17, 15) is 35.5 Å². The molecule has 14 heavy (non-hydrogen) atoms. The van der Waals surface area contributed by atoms with E-state index in [4.69, 9.17) is 0 Å². The fraction of sp³-hybridized carbons (Fsp3) is 0.800. The molecule has 0 aliphatic carbocycles. The number of carbonyl (C=O) groups excluding carboxylic acids is 1. The highest BCUT2D eigenvalue weighted by Gasteiger charge is 2.72. The average Bonchev–Trinajstić information content (AvgIpc) is 1.98. The van der Waals surface area contributed by atoms with Gasteiger partial charge >= 0.3 is 18.0 Å². The van der Waals surface area contributed by atoms with E-state index in [-0.39, 0.29) is 0 Å². The average molecular weight is 225 g/mol. The minimum absolute atomic E-state index is 0.442. The molecule has 9 heteroatoms.